The highest BCUT2D eigenvalue weighted by Crippen LogP contribution is 2.19. The zero-order valence-corrected chi connectivity index (χ0v) is 13.5. The molecule has 0 bridgehead atoms. The Hall–Kier alpha value is -1.43. The van der Waals surface area contributed by atoms with Crippen molar-refractivity contribution >= 4 is 27.8 Å². The minimum Gasteiger partial charge on any atom is -0.481 e. The van der Waals surface area contributed by atoms with Crippen LogP contribution in [-0.2, 0) is 16.0 Å². The number of benzene rings is 1. The summed E-state index contributed by atoms with van der Waals surface area (Å²) in [6.45, 7) is 2.03. The first-order valence-electron chi connectivity index (χ1n) is 6.87. The number of aryl methyl sites for hydroxylation is 1. The quantitative estimate of drug-likeness (QED) is 0.749. The molecule has 1 aromatic rings. The maximum atomic E-state index is 13.1. The zero-order chi connectivity index (χ0) is 15.8. The Balaban J connectivity index is 2.43. The largest absolute Gasteiger partial charge is 0.481 e. The highest BCUT2D eigenvalue weighted by Gasteiger charge is 2.17. The van der Waals surface area contributed by atoms with E-state index in [9.17, 15) is 14.0 Å². The van der Waals surface area contributed by atoms with Gasteiger partial charge in [0, 0.05) is 17.4 Å². The summed E-state index contributed by atoms with van der Waals surface area (Å²) in [4.78, 5) is 22.7. The van der Waals surface area contributed by atoms with Crippen molar-refractivity contribution in [1.82, 2.24) is 5.32 Å². The number of hydrogen-bond acceptors (Lipinski definition) is 2. The summed E-state index contributed by atoms with van der Waals surface area (Å²) in [5.41, 5.74) is 0.716. The van der Waals surface area contributed by atoms with E-state index < -0.39 is 11.9 Å². The van der Waals surface area contributed by atoms with Crippen molar-refractivity contribution in [2.24, 2.45) is 5.92 Å². The Morgan fingerprint density at radius 3 is 2.76 bits per heavy atom. The van der Waals surface area contributed by atoms with Crippen molar-refractivity contribution in [3.8, 4) is 0 Å². The van der Waals surface area contributed by atoms with Crippen molar-refractivity contribution in [1.29, 1.82) is 0 Å². The van der Waals surface area contributed by atoms with E-state index in [2.05, 4.69) is 21.2 Å². The van der Waals surface area contributed by atoms with Crippen LogP contribution in [0, 0.1) is 11.7 Å². The molecule has 0 aliphatic rings. The molecule has 1 atom stereocenters. The molecule has 2 N–H and O–H groups in total. The molecule has 0 spiro atoms. The molecule has 0 saturated carbocycles. The van der Waals surface area contributed by atoms with Crippen LogP contribution in [0.3, 0.4) is 0 Å². The van der Waals surface area contributed by atoms with Gasteiger partial charge in [0.15, 0.2) is 0 Å². The van der Waals surface area contributed by atoms with Crippen LogP contribution in [-0.4, -0.2) is 23.5 Å². The highest BCUT2D eigenvalue weighted by molar-refractivity contribution is 9.10. The van der Waals surface area contributed by atoms with Crippen molar-refractivity contribution in [3.05, 3.63) is 34.1 Å². The molecule has 0 radical (unpaired) electrons. The first kappa shape index (κ1) is 17.6. The number of carbonyl (C=O) groups excluding carboxylic acids is 1. The van der Waals surface area contributed by atoms with E-state index in [1.165, 1.54) is 12.1 Å². The number of amides is 1. The molecule has 0 aliphatic carbocycles. The first-order valence-corrected chi connectivity index (χ1v) is 7.66. The Kier molecular flexibility index (Phi) is 7.36. The monoisotopic (exact) mass is 359 g/mol. The van der Waals surface area contributed by atoms with E-state index in [4.69, 9.17) is 5.11 Å². The highest BCUT2D eigenvalue weighted by atomic mass is 79.9. The summed E-state index contributed by atoms with van der Waals surface area (Å²) in [5.74, 6) is -2.03. The van der Waals surface area contributed by atoms with Crippen LogP contribution in [0.4, 0.5) is 4.39 Å². The topological polar surface area (TPSA) is 66.4 Å². The standard InChI is InChI=1S/C15H19BrFNO3/c1-2-3-11(15(20)21)9-18-14(19)7-4-10-8-12(17)5-6-13(10)16/h5-6,8,11H,2-4,7,9H2,1H3,(H,18,19)(H,20,21). The molecule has 0 saturated heterocycles. The predicted octanol–water partition coefficient (Wildman–Crippen LogP) is 3.14. The molecule has 1 amide bonds. The summed E-state index contributed by atoms with van der Waals surface area (Å²) in [7, 11) is 0. The maximum absolute atomic E-state index is 13.1. The van der Waals surface area contributed by atoms with Gasteiger partial charge in [-0.05, 0) is 36.6 Å². The van der Waals surface area contributed by atoms with Gasteiger partial charge in [0.25, 0.3) is 0 Å². The smallest absolute Gasteiger partial charge is 0.308 e. The molecular weight excluding hydrogens is 341 g/mol. The SMILES string of the molecule is CCCC(CNC(=O)CCc1cc(F)ccc1Br)C(=O)O. The predicted molar refractivity (Wildman–Crippen MR) is 81.5 cm³/mol. The molecule has 0 aliphatic heterocycles. The second-order valence-electron chi connectivity index (χ2n) is 4.86. The van der Waals surface area contributed by atoms with Crippen LogP contribution in [0.2, 0.25) is 0 Å². The lowest BCUT2D eigenvalue weighted by Crippen LogP contribution is -2.33. The Bertz CT molecular complexity index is 508. The minimum absolute atomic E-state index is 0.131. The van der Waals surface area contributed by atoms with Gasteiger partial charge in [-0.3, -0.25) is 9.59 Å². The summed E-state index contributed by atoms with van der Waals surface area (Å²) < 4.78 is 13.9. The van der Waals surface area contributed by atoms with E-state index in [1.54, 1.807) is 6.07 Å². The number of aliphatic carboxylic acids is 1. The van der Waals surface area contributed by atoms with E-state index in [-0.39, 0.29) is 24.7 Å². The molecule has 21 heavy (non-hydrogen) atoms. The number of carbonyl (C=O) groups is 2. The van der Waals surface area contributed by atoms with Crippen LogP contribution >= 0.6 is 15.9 Å². The number of rotatable bonds is 8. The Morgan fingerprint density at radius 1 is 1.43 bits per heavy atom. The average Bonchev–Trinajstić information content (AvgIpc) is 2.44. The van der Waals surface area contributed by atoms with E-state index in [0.717, 1.165) is 10.9 Å². The number of hydrogen-bond donors (Lipinski definition) is 2. The summed E-state index contributed by atoms with van der Waals surface area (Å²) in [5, 5.41) is 11.6. The molecule has 1 rings (SSSR count). The lowest BCUT2D eigenvalue weighted by molar-refractivity contribution is -0.141. The average molecular weight is 360 g/mol. The zero-order valence-electron chi connectivity index (χ0n) is 11.9. The van der Waals surface area contributed by atoms with Gasteiger partial charge in [0.2, 0.25) is 5.91 Å². The fourth-order valence-electron chi connectivity index (χ4n) is 1.97. The number of carboxylic acid groups (broad SMARTS) is 1. The normalized spacial score (nSPS) is 12.0. The van der Waals surface area contributed by atoms with E-state index in [0.29, 0.717) is 18.4 Å². The molecule has 6 heteroatoms. The summed E-state index contributed by atoms with van der Waals surface area (Å²) in [6.07, 6.45) is 1.88. The first-order chi connectivity index (χ1) is 9.93. The third-order valence-corrected chi connectivity index (χ3v) is 3.93. The fraction of sp³-hybridized carbons (Fsp3) is 0.467. The van der Waals surface area contributed by atoms with Crippen LogP contribution in [0.25, 0.3) is 0 Å². The second-order valence-corrected chi connectivity index (χ2v) is 5.72. The van der Waals surface area contributed by atoms with Crippen molar-refractivity contribution in [2.75, 3.05) is 6.54 Å². The molecule has 116 valence electrons. The van der Waals surface area contributed by atoms with Crippen molar-refractivity contribution in [3.63, 3.8) is 0 Å². The van der Waals surface area contributed by atoms with Gasteiger partial charge in [-0.25, -0.2) is 4.39 Å². The van der Waals surface area contributed by atoms with Crippen LogP contribution in [0.1, 0.15) is 31.7 Å². The van der Waals surface area contributed by atoms with Gasteiger partial charge in [-0.1, -0.05) is 29.3 Å². The van der Waals surface area contributed by atoms with Crippen LogP contribution < -0.4 is 5.32 Å². The molecule has 0 fully saturated rings. The third kappa shape index (κ3) is 6.25. The van der Waals surface area contributed by atoms with Crippen LogP contribution in [0.5, 0.6) is 0 Å². The van der Waals surface area contributed by atoms with Crippen molar-refractivity contribution in [2.45, 2.75) is 32.6 Å². The molecule has 0 aromatic heterocycles. The number of carboxylic acids is 1. The molecule has 4 nitrogen and oxygen atoms in total. The number of halogens is 2. The Labute approximate surface area is 131 Å². The van der Waals surface area contributed by atoms with Gasteiger partial charge in [0.05, 0.1) is 5.92 Å². The van der Waals surface area contributed by atoms with Crippen LogP contribution in [0.15, 0.2) is 22.7 Å². The fourth-order valence-corrected chi connectivity index (χ4v) is 2.41. The van der Waals surface area contributed by atoms with E-state index >= 15 is 0 Å². The van der Waals surface area contributed by atoms with Gasteiger partial charge < -0.3 is 10.4 Å². The molecular formula is C15H19BrFNO3. The summed E-state index contributed by atoms with van der Waals surface area (Å²) in [6, 6.07) is 4.33. The molecule has 1 unspecified atom stereocenters. The molecule has 1 aromatic carbocycles. The molecule has 0 heterocycles. The Morgan fingerprint density at radius 2 is 2.14 bits per heavy atom. The second kappa shape index (κ2) is 8.77. The van der Waals surface area contributed by atoms with Crippen molar-refractivity contribution < 1.29 is 19.1 Å². The number of nitrogens with one attached hydrogen (secondary N) is 1. The van der Waals surface area contributed by atoms with Gasteiger partial charge >= 0.3 is 5.97 Å². The minimum atomic E-state index is -0.898. The lowest BCUT2D eigenvalue weighted by atomic mass is 10.0. The summed E-state index contributed by atoms with van der Waals surface area (Å²) >= 11 is 3.31. The van der Waals surface area contributed by atoms with E-state index in [1.807, 2.05) is 6.92 Å². The van der Waals surface area contributed by atoms with Gasteiger partial charge in [-0.15, -0.1) is 0 Å². The maximum Gasteiger partial charge on any atom is 0.308 e. The lowest BCUT2D eigenvalue weighted by Gasteiger charge is -2.12. The third-order valence-electron chi connectivity index (χ3n) is 3.16. The van der Waals surface area contributed by atoms with Gasteiger partial charge in [-0.2, -0.15) is 0 Å². The van der Waals surface area contributed by atoms with Gasteiger partial charge in [0.1, 0.15) is 5.82 Å².